The van der Waals surface area contributed by atoms with Gasteiger partial charge in [0.15, 0.2) is 5.82 Å². The van der Waals surface area contributed by atoms with Gasteiger partial charge in [-0.05, 0) is 56.1 Å². The van der Waals surface area contributed by atoms with Crippen LogP contribution < -0.4 is 10.6 Å². The van der Waals surface area contributed by atoms with Crippen LogP contribution in [0, 0.1) is 12.4 Å². The van der Waals surface area contributed by atoms with E-state index in [2.05, 4.69) is 47.3 Å². The Labute approximate surface area is 192 Å². The zero-order valence-electron chi connectivity index (χ0n) is 15.2. The number of alkyl halides is 7. The number of anilines is 2. The van der Waals surface area contributed by atoms with Crippen molar-refractivity contribution >= 4 is 49.1 Å². The molecular formula is C18H9Br2F8N3O. The Morgan fingerprint density at radius 3 is 2.00 bits per heavy atom. The van der Waals surface area contributed by atoms with E-state index in [1.807, 2.05) is 0 Å². The Morgan fingerprint density at radius 2 is 1.53 bits per heavy atom. The number of nitrogens with one attached hydrogen (secondary N) is 2. The Balaban J connectivity index is 2.47. The molecule has 2 aromatic rings. The number of benzene rings is 2. The molecule has 172 valence electrons. The van der Waals surface area contributed by atoms with Crippen molar-refractivity contribution in [1.82, 2.24) is 0 Å². The van der Waals surface area contributed by atoms with Crippen LogP contribution in [0.4, 0.5) is 46.5 Å². The second kappa shape index (κ2) is 9.22. The number of carbonyl (C=O) groups excluding carboxylic acids is 1. The van der Waals surface area contributed by atoms with Crippen molar-refractivity contribution in [2.45, 2.75) is 18.0 Å². The van der Waals surface area contributed by atoms with Crippen LogP contribution in [0.5, 0.6) is 0 Å². The summed E-state index contributed by atoms with van der Waals surface area (Å²) < 4.78 is 106. The Morgan fingerprint density at radius 1 is 1.00 bits per heavy atom. The van der Waals surface area contributed by atoms with Crippen LogP contribution in [-0.2, 0) is 5.67 Å². The van der Waals surface area contributed by atoms with Crippen LogP contribution in [0.2, 0.25) is 0 Å². The summed E-state index contributed by atoms with van der Waals surface area (Å²) in [7, 11) is 0. The molecule has 0 bridgehead atoms. The van der Waals surface area contributed by atoms with Gasteiger partial charge in [0.1, 0.15) is 0 Å². The highest BCUT2D eigenvalue weighted by molar-refractivity contribution is 9.11. The monoisotopic (exact) mass is 593 g/mol. The third-order valence-electron chi connectivity index (χ3n) is 4.05. The number of halogens is 10. The van der Waals surface area contributed by atoms with E-state index in [0.29, 0.717) is 0 Å². The van der Waals surface area contributed by atoms with Gasteiger partial charge in [-0.1, -0.05) is 6.07 Å². The lowest BCUT2D eigenvalue weighted by molar-refractivity contribution is -0.348. The highest BCUT2D eigenvalue weighted by atomic mass is 79.9. The van der Waals surface area contributed by atoms with Crippen LogP contribution in [-0.4, -0.2) is 24.9 Å². The van der Waals surface area contributed by atoms with Crippen LogP contribution in [0.25, 0.3) is 4.85 Å². The second-order valence-corrected chi connectivity index (χ2v) is 7.79. The van der Waals surface area contributed by atoms with Crippen LogP contribution >= 0.6 is 31.9 Å². The standard InChI is InChI=1S/C18H9Br2F8N3O/c1-29-7-30-12-4-2-3-9(13(12)21)15(32)31-14-10(19)5-8(6-11(14)20)16(22,17(23,24)25)18(26,27)28/h2-6,30H,7H2,(H,31,32). The first-order valence-electron chi connectivity index (χ1n) is 8.14. The molecule has 0 unspecified atom stereocenters. The van der Waals surface area contributed by atoms with Crippen molar-refractivity contribution in [3.8, 4) is 0 Å². The van der Waals surface area contributed by atoms with Crippen molar-refractivity contribution in [3.05, 3.63) is 67.6 Å². The highest BCUT2D eigenvalue weighted by Gasteiger charge is 2.73. The average molecular weight is 595 g/mol. The first-order valence-corrected chi connectivity index (χ1v) is 9.72. The van der Waals surface area contributed by atoms with Crippen LogP contribution in [0.3, 0.4) is 0 Å². The fraction of sp³-hybridized carbons (Fsp3) is 0.222. The summed E-state index contributed by atoms with van der Waals surface area (Å²) in [5.41, 5.74) is -8.55. The van der Waals surface area contributed by atoms with E-state index >= 15 is 0 Å². The van der Waals surface area contributed by atoms with Gasteiger partial charge in [-0.25, -0.2) is 15.4 Å². The third-order valence-corrected chi connectivity index (χ3v) is 5.30. The molecule has 0 aliphatic carbocycles. The number of hydrogen-bond acceptors (Lipinski definition) is 2. The first kappa shape index (κ1) is 25.9. The van der Waals surface area contributed by atoms with Crippen molar-refractivity contribution in [2.75, 3.05) is 17.3 Å². The summed E-state index contributed by atoms with van der Waals surface area (Å²) in [6, 6.07) is 4.01. The maximum absolute atomic E-state index is 14.5. The summed E-state index contributed by atoms with van der Waals surface area (Å²) >= 11 is 5.41. The lowest BCUT2D eigenvalue weighted by Crippen LogP contribution is -2.50. The maximum atomic E-state index is 14.5. The first-order chi connectivity index (χ1) is 14.6. The maximum Gasteiger partial charge on any atom is 0.435 e. The van der Waals surface area contributed by atoms with Gasteiger partial charge in [0.25, 0.3) is 12.6 Å². The Bertz CT molecular complexity index is 1040. The molecule has 2 N–H and O–H groups in total. The molecule has 4 nitrogen and oxygen atoms in total. The molecule has 0 heterocycles. The van der Waals surface area contributed by atoms with E-state index in [1.165, 1.54) is 12.1 Å². The molecule has 2 aromatic carbocycles. The molecule has 0 atom stereocenters. The normalized spacial score (nSPS) is 12.3. The molecule has 0 radical (unpaired) electrons. The largest absolute Gasteiger partial charge is 0.435 e. The fourth-order valence-corrected chi connectivity index (χ4v) is 3.91. The van der Waals surface area contributed by atoms with Crippen molar-refractivity contribution in [1.29, 1.82) is 0 Å². The Hall–Kier alpha value is -2.40. The van der Waals surface area contributed by atoms with E-state index in [-0.39, 0.29) is 30.2 Å². The molecule has 14 heteroatoms. The number of nitrogens with zero attached hydrogens (tertiary/aromatic N) is 1. The molecular weight excluding hydrogens is 586 g/mol. The van der Waals surface area contributed by atoms with E-state index in [4.69, 9.17) is 6.57 Å². The number of amides is 1. The minimum atomic E-state index is -6.32. The van der Waals surface area contributed by atoms with E-state index in [9.17, 15) is 39.9 Å². The molecule has 0 aliphatic heterocycles. The molecule has 32 heavy (non-hydrogen) atoms. The van der Waals surface area contributed by atoms with Gasteiger partial charge >= 0.3 is 18.0 Å². The molecule has 0 spiro atoms. The topological polar surface area (TPSA) is 45.5 Å². The van der Waals surface area contributed by atoms with Crippen molar-refractivity contribution in [2.24, 2.45) is 0 Å². The van der Waals surface area contributed by atoms with Crippen molar-refractivity contribution < 1.29 is 39.9 Å². The minimum absolute atomic E-state index is 0.181. The number of rotatable bonds is 5. The smallest absolute Gasteiger partial charge is 0.320 e. The summed E-state index contributed by atoms with van der Waals surface area (Å²) in [6.07, 6.45) is -12.6. The zero-order valence-corrected chi connectivity index (χ0v) is 18.4. The minimum Gasteiger partial charge on any atom is -0.320 e. The van der Waals surface area contributed by atoms with E-state index in [1.54, 1.807) is 0 Å². The molecule has 0 saturated carbocycles. The third kappa shape index (κ3) is 4.83. The lowest BCUT2D eigenvalue weighted by Gasteiger charge is -2.31. The summed E-state index contributed by atoms with van der Waals surface area (Å²) in [5, 5.41) is 4.54. The number of hydrogen-bond donors (Lipinski definition) is 2. The van der Waals surface area contributed by atoms with Gasteiger partial charge < -0.3 is 10.6 Å². The van der Waals surface area contributed by atoms with Gasteiger partial charge in [0.2, 0.25) is 0 Å². The lowest BCUT2D eigenvalue weighted by atomic mass is 9.94. The molecule has 0 aromatic heterocycles. The summed E-state index contributed by atoms with van der Waals surface area (Å²) in [5.74, 6) is -2.16. The van der Waals surface area contributed by atoms with Crippen molar-refractivity contribution in [3.63, 3.8) is 0 Å². The van der Waals surface area contributed by atoms with Gasteiger partial charge in [0, 0.05) is 14.5 Å². The second-order valence-electron chi connectivity index (χ2n) is 6.08. The molecule has 0 aliphatic rings. The highest BCUT2D eigenvalue weighted by Crippen LogP contribution is 2.54. The molecule has 1 amide bonds. The molecule has 0 fully saturated rings. The summed E-state index contributed by atoms with van der Waals surface area (Å²) in [6.45, 7) is 6.39. The Kier molecular flexibility index (Phi) is 7.45. The zero-order chi connectivity index (χ0) is 24.5. The van der Waals surface area contributed by atoms with Gasteiger partial charge in [0.05, 0.1) is 16.9 Å². The number of carbonyl (C=O) groups is 1. The summed E-state index contributed by atoms with van der Waals surface area (Å²) in [4.78, 5) is 15.4. The quantitative estimate of drug-likeness (QED) is 0.284. The van der Waals surface area contributed by atoms with Gasteiger partial charge in [-0.15, -0.1) is 0 Å². The SMILES string of the molecule is [C-]#[N+]CNc1cccc(C(=O)Nc2c(Br)cc(C(F)(C(F)(F)F)C(F)(F)F)cc2Br)c1F. The van der Waals surface area contributed by atoms with Crippen LogP contribution in [0.1, 0.15) is 15.9 Å². The molecule has 0 saturated heterocycles. The molecule has 2 rings (SSSR count). The predicted molar refractivity (Wildman–Crippen MR) is 106 cm³/mol. The van der Waals surface area contributed by atoms with E-state index < -0.39 is 49.8 Å². The predicted octanol–water partition coefficient (Wildman–Crippen LogP) is 7.18. The fourth-order valence-electron chi connectivity index (χ4n) is 2.53. The average Bonchev–Trinajstić information content (AvgIpc) is 2.67. The van der Waals surface area contributed by atoms with Crippen LogP contribution in [0.15, 0.2) is 39.3 Å². The van der Waals surface area contributed by atoms with E-state index in [0.717, 1.165) is 6.07 Å². The van der Waals surface area contributed by atoms with Gasteiger partial charge in [-0.3, -0.25) is 9.64 Å². The van der Waals surface area contributed by atoms with Gasteiger partial charge in [-0.2, -0.15) is 26.3 Å².